The smallest absolute Gasteiger partial charge is 0.306 e. The fourth-order valence-electron chi connectivity index (χ4n) is 8.50. The number of aliphatic hydroxyl groups is 2. The molecule has 370 valence electrons. The van der Waals surface area contributed by atoms with E-state index in [-0.39, 0.29) is 24.9 Å². The van der Waals surface area contributed by atoms with E-state index in [0.717, 1.165) is 64.2 Å². The fraction of sp³-hybridized carbons (Fsp3) is 0.860. The van der Waals surface area contributed by atoms with Crippen LogP contribution in [0.3, 0.4) is 0 Å². The summed E-state index contributed by atoms with van der Waals surface area (Å²) in [6.45, 7) is 6.46. The largest absolute Gasteiger partial charge is 0.462 e. The number of unbranched alkanes of at least 4 members (excludes halogenated alkanes) is 32. The molecule has 0 aliphatic heterocycles. The highest BCUT2D eigenvalue weighted by Gasteiger charge is 2.24. The van der Waals surface area contributed by atoms with Crippen LogP contribution in [0, 0.1) is 0 Å². The Morgan fingerprint density at radius 1 is 0.460 bits per heavy atom. The molecule has 0 aliphatic carbocycles. The molecule has 0 rings (SSSR count). The zero-order chi connectivity index (χ0) is 45.9. The van der Waals surface area contributed by atoms with Gasteiger partial charge in [-0.3, -0.25) is 9.59 Å². The molecule has 0 radical (unpaired) electrons. The van der Waals surface area contributed by atoms with Gasteiger partial charge in [0.1, 0.15) is 6.10 Å². The van der Waals surface area contributed by atoms with Gasteiger partial charge in [0.25, 0.3) is 0 Å². The minimum absolute atomic E-state index is 0.0753. The normalized spacial score (nSPS) is 13.4. The van der Waals surface area contributed by atoms with Gasteiger partial charge in [0.15, 0.2) is 0 Å². The number of aliphatic hydroxyl groups excluding tert-OH is 2. The second-order valence-corrected chi connectivity index (χ2v) is 19.0. The van der Waals surface area contributed by atoms with E-state index in [1.54, 1.807) is 0 Å². The average molecular weight is 886 g/mol. The van der Waals surface area contributed by atoms with E-state index >= 15 is 0 Å². The summed E-state index contributed by atoms with van der Waals surface area (Å²) < 4.78 is 5.92. The molecule has 3 atom stereocenters. The van der Waals surface area contributed by atoms with Crippen LogP contribution in [0.1, 0.15) is 290 Å². The molecule has 0 saturated carbocycles. The number of hydrogen-bond donors (Lipinski definition) is 3. The van der Waals surface area contributed by atoms with Gasteiger partial charge >= 0.3 is 5.97 Å². The number of allylic oxidation sites excluding steroid dienone is 6. The summed E-state index contributed by atoms with van der Waals surface area (Å²) in [7, 11) is 0. The molecule has 0 aromatic carbocycles. The molecular weight excluding hydrogens is 779 g/mol. The van der Waals surface area contributed by atoms with Crippen molar-refractivity contribution < 1.29 is 24.5 Å². The lowest BCUT2D eigenvalue weighted by Crippen LogP contribution is -2.46. The Morgan fingerprint density at radius 3 is 1.25 bits per heavy atom. The van der Waals surface area contributed by atoms with E-state index in [9.17, 15) is 19.8 Å². The van der Waals surface area contributed by atoms with Gasteiger partial charge in [-0.1, -0.05) is 250 Å². The standard InChI is InChI=1S/C57H107NO5/c1-4-7-10-13-16-19-21-23-25-27-28-30-32-34-36-38-41-44-47-50-57(62)63-53(48-45-42-39-18-15-12-9-6-3)51-56(61)58-54(52-59)55(60)49-46-43-40-37-35-33-31-29-26-24-22-20-17-14-11-8-5-2/h16,19,23,25,28,30,53-55,59-60H,4-15,17-18,20-22,24,26-27,29,31-52H2,1-3H3,(H,58,61)/b19-16-,25-23-,30-28-. The van der Waals surface area contributed by atoms with Crippen LogP contribution in [0.15, 0.2) is 36.5 Å². The molecule has 0 spiro atoms. The molecule has 6 nitrogen and oxygen atoms in total. The van der Waals surface area contributed by atoms with E-state index in [4.69, 9.17) is 4.74 Å². The van der Waals surface area contributed by atoms with E-state index in [2.05, 4.69) is 62.5 Å². The van der Waals surface area contributed by atoms with Gasteiger partial charge in [-0.25, -0.2) is 0 Å². The maximum Gasteiger partial charge on any atom is 0.306 e. The molecule has 0 aromatic heterocycles. The predicted molar refractivity (Wildman–Crippen MR) is 273 cm³/mol. The number of esters is 1. The van der Waals surface area contributed by atoms with Gasteiger partial charge in [-0.05, 0) is 64.2 Å². The molecule has 6 heteroatoms. The second-order valence-electron chi connectivity index (χ2n) is 19.0. The molecule has 0 bridgehead atoms. The molecule has 3 unspecified atom stereocenters. The average Bonchev–Trinajstić information content (AvgIpc) is 3.28. The van der Waals surface area contributed by atoms with Gasteiger partial charge in [0.2, 0.25) is 5.91 Å². The van der Waals surface area contributed by atoms with E-state index < -0.39 is 18.2 Å². The molecule has 63 heavy (non-hydrogen) atoms. The van der Waals surface area contributed by atoms with Crippen LogP contribution < -0.4 is 5.32 Å². The first-order valence-corrected chi connectivity index (χ1v) is 27.7. The summed E-state index contributed by atoms with van der Waals surface area (Å²) in [5.74, 6) is -0.479. The Kier molecular flexibility index (Phi) is 49.5. The van der Waals surface area contributed by atoms with Crippen molar-refractivity contribution in [3.63, 3.8) is 0 Å². The summed E-state index contributed by atoms with van der Waals surface area (Å²) in [6, 6.07) is -0.700. The van der Waals surface area contributed by atoms with Crippen molar-refractivity contribution >= 4 is 11.9 Å². The maximum atomic E-state index is 13.2. The van der Waals surface area contributed by atoms with Gasteiger partial charge in [0.05, 0.1) is 25.2 Å². The third-order valence-electron chi connectivity index (χ3n) is 12.7. The van der Waals surface area contributed by atoms with Crippen LogP contribution in [-0.4, -0.2) is 46.9 Å². The Balaban J connectivity index is 4.36. The zero-order valence-corrected chi connectivity index (χ0v) is 42.2. The SMILES string of the molecule is CCCCC/C=C\C/C=C\C/C=C\CCCCCCCCC(=O)OC(CCCCCCCCCC)CC(=O)NC(CO)C(O)CCCCCCCCCCCCCCCCCCC. The first-order valence-electron chi connectivity index (χ1n) is 27.7. The highest BCUT2D eigenvalue weighted by Crippen LogP contribution is 2.18. The van der Waals surface area contributed by atoms with Crippen molar-refractivity contribution in [2.75, 3.05) is 6.61 Å². The fourth-order valence-corrected chi connectivity index (χ4v) is 8.50. The lowest BCUT2D eigenvalue weighted by molar-refractivity contribution is -0.151. The molecular formula is C57H107NO5. The number of ether oxygens (including phenoxy) is 1. The van der Waals surface area contributed by atoms with Crippen molar-refractivity contribution in [1.82, 2.24) is 5.32 Å². The Hall–Kier alpha value is -1.92. The summed E-state index contributed by atoms with van der Waals surface area (Å²) in [5.41, 5.74) is 0. The minimum Gasteiger partial charge on any atom is -0.462 e. The number of amides is 1. The lowest BCUT2D eigenvalue weighted by atomic mass is 10.0. The van der Waals surface area contributed by atoms with Crippen LogP contribution in [0.2, 0.25) is 0 Å². The molecule has 0 saturated heterocycles. The van der Waals surface area contributed by atoms with Crippen LogP contribution in [0.5, 0.6) is 0 Å². The summed E-state index contributed by atoms with van der Waals surface area (Å²) in [5, 5.41) is 23.8. The summed E-state index contributed by atoms with van der Waals surface area (Å²) in [4.78, 5) is 26.1. The van der Waals surface area contributed by atoms with Crippen LogP contribution in [-0.2, 0) is 14.3 Å². The number of carbonyl (C=O) groups is 2. The summed E-state index contributed by atoms with van der Waals surface area (Å²) >= 11 is 0. The van der Waals surface area contributed by atoms with Gasteiger partial charge in [-0.2, -0.15) is 0 Å². The van der Waals surface area contributed by atoms with Crippen LogP contribution in [0.4, 0.5) is 0 Å². The monoisotopic (exact) mass is 886 g/mol. The van der Waals surface area contributed by atoms with Crippen LogP contribution >= 0.6 is 0 Å². The topological polar surface area (TPSA) is 95.9 Å². The van der Waals surface area contributed by atoms with E-state index in [0.29, 0.717) is 19.3 Å². The molecule has 0 heterocycles. The third-order valence-corrected chi connectivity index (χ3v) is 12.7. The molecule has 0 fully saturated rings. The van der Waals surface area contributed by atoms with Gasteiger partial charge in [-0.15, -0.1) is 0 Å². The Morgan fingerprint density at radius 2 is 0.810 bits per heavy atom. The van der Waals surface area contributed by atoms with Gasteiger partial charge < -0.3 is 20.3 Å². The first-order chi connectivity index (χ1) is 31.0. The molecule has 0 aliphatic rings. The van der Waals surface area contributed by atoms with E-state index in [1.165, 1.54) is 180 Å². The highest BCUT2D eigenvalue weighted by atomic mass is 16.5. The van der Waals surface area contributed by atoms with E-state index in [1.807, 2.05) is 0 Å². The highest BCUT2D eigenvalue weighted by molar-refractivity contribution is 5.77. The number of rotatable bonds is 50. The van der Waals surface area contributed by atoms with Crippen LogP contribution in [0.25, 0.3) is 0 Å². The zero-order valence-electron chi connectivity index (χ0n) is 42.2. The summed E-state index contributed by atoms with van der Waals surface area (Å²) in [6.07, 6.45) is 60.7. The van der Waals surface area contributed by atoms with Gasteiger partial charge in [0, 0.05) is 6.42 Å². The lowest BCUT2D eigenvalue weighted by Gasteiger charge is -2.24. The maximum absolute atomic E-state index is 13.2. The predicted octanol–water partition coefficient (Wildman–Crippen LogP) is 16.8. The van der Waals surface area contributed by atoms with Crippen molar-refractivity contribution in [2.45, 2.75) is 309 Å². The number of hydrogen-bond acceptors (Lipinski definition) is 5. The Labute approximate surface area is 392 Å². The minimum atomic E-state index is -0.787. The molecule has 1 amide bonds. The quantitative estimate of drug-likeness (QED) is 0.0321. The number of carbonyl (C=O) groups excluding carboxylic acids is 2. The third kappa shape index (κ3) is 46.4. The first kappa shape index (κ1) is 61.1. The van der Waals surface area contributed by atoms with Crippen molar-refractivity contribution in [2.24, 2.45) is 0 Å². The van der Waals surface area contributed by atoms with Crippen molar-refractivity contribution in [3.05, 3.63) is 36.5 Å². The van der Waals surface area contributed by atoms with Crippen molar-refractivity contribution in [3.8, 4) is 0 Å². The number of nitrogens with one attached hydrogen (secondary N) is 1. The molecule has 0 aromatic rings. The van der Waals surface area contributed by atoms with Crippen molar-refractivity contribution in [1.29, 1.82) is 0 Å². The Bertz CT molecular complexity index is 1040. The molecule has 3 N–H and O–H groups in total. The second kappa shape index (κ2) is 51.1.